The van der Waals surface area contributed by atoms with E-state index < -0.39 is 6.09 Å². The summed E-state index contributed by atoms with van der Waals surface area (Å²) in [6, 6.07) is 0. The fourth-order valence-corrected chi connectivity index (χ4v) is 1.87. The lowest BCUT2D eigenvalue weighted by molar-refractivity contribution is 0.195. The maximum atomic E-state index is 11.5. The second kappa shape index (κ2) is 4.37. The molecule has 1 aliphatic heterocycles. The van der Waals surface area contributed by atoms with E-state index in [1.807, 2.05) is 0 Å². The van der Waals surface area contributed by atoms with Gasteiger partial charge in [0.2, 0.25) is 0 Å². The van der Waals surface area contributed by atoms with Crippen LogP contribution >= 0.6 is 0 Å². The summed E-state index contributed by atoms with van der Waals surface area (Å²) in [6.45, 7) is 2.21. The Morgan fingerprint density at radius 3 is 3.29 bits per heavy atom. The molecule has 1 aromatic heterocycles. The molecule has 0 bridgehead atoms. The van der Waals surface area contributed by atoms with E-state index in [-0.39, 0.29) is 0 Å². The lowest BCUT2D eigenvalue weighted by atomic mass is 10.1. The highest BCUT2D eigenvalue weighted by molar-refractivity contribution is 5.70. The van der Waals surface area contributed by atoms with Crippen molar-refractivity contribution in [1.29, 1.82) is 0 Å². The van der Waals surface area contributed by atoms with Gasteiger partial charge in [0, 0.05) is 26.1 Å². The highest BCUT2D eigenvalue weighted by Gasteiger charge is 2.24. The van der Waals surface area contributed by atoms with Gasteiger partial charge in [-0.25, -0.2) is 4.79 Å². The number of hydrogen-bond acceptors (Lipinski definition) is 5. The molecule has 1 saturated carbocycles. The van der Waals surface area contributed by atoms with Crippen LogP contribution in [-0.4, -0.2) is 24.3 Å². The van der Waals surface area contributed by atoms with Crippen molar-refractivity contribution in [3.63, 3.8) is 0 Å². The summed E-state index contributed by atoms with van der Waals surface area (Å²) in [5, 5.41) is 9.70. The lowest BCUT2D eigenvalue weighted by Crippen LogP contribution is -2.29. The summed E-state index contributed by atoms with van der Waals surface area (Å²) >= 11 is 0. The number of amides is 1. The molecule has 6 nitrogen and oxygen atoms in total. The molecule has 0 spiro atoms. The zero-order valence-corrected chi connectivity index (χ0v) is 9.49. The van der Waals surface area contributed by atoms with Crippen LogP contribution in [0.15, 0.2) is 4.52 Å². The van der Waals surface area contributed by atoms with Crippen LogP contribution in [0.25, 0.3) is 0 Å². The highest BCUT2D eigenvalue weighted by Crippen LogP contribution is 2.28. The Morgan fingerprint density at radius 1 is 1.59 bits per heavy atom. The van der Waals surface area contributed by atoms with Crippen molar-refractivity contribution in [2.45, 2.75) is 25.8 Å². The molecule has 0 unspecified atom stereocenters. The molecule has 0 saturated heterocycles. The van der Waals surface area contributed by atoms with Crippen LogP contribution in [0.2, 0.25) is 0 Å². The minimum Gasteiger partial charge on any atom is -0.388 e. The number of ether oxygens (including phenoxy) is 1. The molecule has 2 aliphatic rings. The van der Waals surface area contributed by atoms with E-state index in [1.165, 1.54) is 12.8 Å². The summed E-state index contributed by atoms with van der Waals surface area (Å²) in [5.41, 5.74) is 0.859. The lowest BCUT2D eigenvalue weighted by Gasteiger charge is -2.10. The molecule has 1 amide bonds. The van der Waals surface area contributed by atoms with Gasteiger partial charge in [-0.1, -0.05) is 0 Å². The predicted molar refractivity (Wildman–Crippen MR) is 58.7 cm³/mol. The molecule has 2 N–H and O–H groups in total. The maximum absolute atomic E-state index is 11.5. The second-order valence-electron chi connectivity index (χ2n) is 4.53. The summed E-state index contributed by atoms with van der Waals surface area (Å²) in [6.07, 6.45) is 2.74. The van der Waals surface area contributed by atoms with Crippen LogP contribution in [0.4, 0.5) is 4.79 Å². The molecule has 1 fully saturated rings. The fraction of sp³-hybridized carbons (Fsp3) is 0.636. The predicted octanol–water partition coefficient (Wildman–Crippen LogP) is 0.819. The van der Waals surface area contributed by atoms with Gasteiger partial charge in [-0.2, -0.15) is 0 Å². The van der Waals surface area contributed by atoms with Crippen LogP contribution in [0.5, 0.6) is 5.88 Å². The van der Waals surface area contributed by atoms with E-state index in [9.17, 15) is 4.79 Å². The van der Waals surface area contributed by atoms with E-state index in [4.69, 9.17) is 9.26 Å². The zero-order valence-electron chi connectivity index (χ0n) is 9.49. The van der Waals surface area contributed by atoms with Crippen molar-refractivity contribution in [2.24, 2.45) is 5.92 Å². The number of rotatable bonds is 3. The van der Waals surface area contributed by atoms with Gasteiger partial charge >= 0.3 is 6.09 Å². The third kappa shape index (κ3) is 2.41. The van der Waals surface area contributed by atoms with Gasteiger partial charge in [0.05, 0.1) is 5.56 Å². The van der Waals surface area contributed by atoms with Gasteiger partial charge < -0.3 is 19.9 Å². The fourth-order valence-electron chi connectivity index (χ4n) is 1.87. The largest absolute Gasteiger partial charge is 0.414 e. The van der Waals surface area contributed by atoms with Gasteiger partial charge in [-0.3, -0.25) is 0 Å². The smallest absolute Gasteiger partial charge is 0.388 e. The third-order valence-corrected chi connectivity index (χ3v) is 3.09. The Kier molecular flexibility index (Phi) is 2.72. The van der Waals surface area contributed by atoms with Crippen LogP contribution in [0.3, 0.4) is 0 Å². The van der Waals surface area contributed by atoms with Gasteiger partial charge in [0.25, 0.3) is 5.88 Å². The molecular weight excluding hydrogens is 222 g/mol. The van der Waals surface area contributed by atoms with E-state index in [0.29, 0.717) is 24.9 Å². The summed E-state index contributed by atoms with van der Waals surface area (Å²) in [4.78, 5) is 11.5. The van der Waals surface area contributed by atoms with Crippen LogP contribution in [-0.2, 0) is 13.0 Å². The first-order valence-corrected chi connectivity index (χ1v) is 5.97. The number of fused-ring (bicyclic) bond motifs is 1. The molecule has 3 rings (SSSR count). The van der Waals surface area contributed by atoms with Crippen LogP contribution < -0.4 is 15.4 Å². The standard InChI is InChI=1S/C11H15N3O3/c15-11(13-5-7-1-2-7)16-10-8-6-12-4-3-9(8)17-14-10/h7,12H,1-6H2,(H,13,15). The Bertz CT molecular complexity index is 426. The molecule has 1 aliphatic carbocycles. The van der Waals surface area contributed by atoms with Crippen molar-refractivity contribution in [2.75, 3.05) is 13.1 Å². The van der Waals surface area contributed by atoms with Crippen LogP contribution in [0, 0.1) is 5.92 Å². The van der Waals surface area contributed by atoms with E-state index in [1.54, 1.807) is 0 Å². The summed E-state index contributed by atoms with van der Waals surface area (Å²) < 4.78 is 10.3. The molecule has 0 atom stereocenters. The van der Waals surface area contributed by atoms with Gasteiger partial charge in [0.15, 0.2) is 0 Å². The van der Waals surface area contributed by atoms with Gasteiger partial charge in [-0.15, -0.1) is 0 Å². The van der Waals surface area contributed by atoms with Crippen molar-refractivity contribution >= 4 is 6.09 Å². The van der Waals surface area contributed by atoms with E-state index in [2.05, 4.69) is 15.8 Å². The minimum absolute atomic E-state index is 0.292. The molecule has 17 heavy (non-hydrogen) atoms. The normalized spacial score (nSPS) is 18.6. The number of nitrogens with one attached hydrogen (secondary N) is 2. The second-order valence-corrected chi connectivity index (χ2v) is 4.53. The molecule has 0 aromatic carbocycles. The molecule has 0 radical (unpaired) electrons. The first kappa shape index (κ1) is 10.6. The molecule has 92 valence electrons. The topological polar surface area (TPSA) is 76.4 Å². The Labute approximate surface area is 98.7 Å². The average Bonchev–Trinajstić information content (AvgIpc) is 3.10. The first-order chi connectivity index (χ1) is 8.33. The number of nitrogens with zero attached hydrogens (tertiary/aromatic N) is 1. The zero-order chi connectivity index (χ0) is 11.7. The Hall–Kier alpha value is -1.56. The van der Waals surface area contributed by atoms with Gasteiger partial charge in [-0.05, 0) is 23.9 Å². The highest BCUT2D eigenvalue weighted by atomic mass is 16.6. The first-order valence-electron chi connectivity index (χ1n) is 5.97. The van der Waals surface area contributed by atoms with Crippen molar-refractivity contribution < 1.29 is 14.1 Å². The SMILES string of the molecule is O=C(NCC1CC1)Oc1noc2c1CNCC2. The van der Waals surface area contributed by atoms with Gasteiger partial charge in [0.1, 0.15) is 5.76 Å². The molecule has 1 aromatic rings. The minimum atomic E-state index is -0.446. The number of carbonyl (C=O) groups excluding carboxylic acids is 1. The van der Waals surface area contributed by atoms with Crippen molar-refractivity contribution in [3.8, 4) is 5.88 Å². The monoisotopic (exact) mass is 237 g/mol. The molecule has 2 heterocycles. The number of carbonyl (C=O) groups is 1. The van der Waals surface area contributed by atoms with Crippen LogP contribution in [0.1, 0.15) is 24.2 Å². The summed E-state index contributed by atoms with van der Waals surface area (Å²) in [5.74, 6) is 1.74. The van der Waals surface area contributed by atoms with E-state index >= 15 is 0 Å². The van der Waals surface area contributed by atoms with E-state index in [0.717, 1.165) is 24.3 Å². The maximum Gasteiger partial charge on any atom is 0.414 e. The number of hydrogen-bond donors (Lipinski definition) is 2. The average molecular weight is 237 g/mol. The Balaban J connectivity index is 1.59. The molecule has 6 heteroatoms. The quantitative estimate of drug-likeness (QED) is 0.813. The third-order valence-electron chi connectivity index (χ3n) is 3.09. The summed E-state index contributed by atoms with van der Waals surface area (Å²) in [7, 11) is 0. The molecular formula is C11H15N3O3. The Morgan fingerprint density at radius 2 is 2.47 bits per heavy atom. The van der Waals surface area contributed by atoms with Crippen molar-refractivity contribution in [3.05, 3.63) is 11.3 Å². The number of aromatic nitrogens is 1. The van der Waals surface area contributed by atoms with Crippen molar-refractivity contribution in [1.82, 2.24) is 15.8 Å².